The third-order valence-electron chi connectivity index (χ3n) is 8.62. The van der Waals surface area contributed by atoms with E-state index in [9.17, 15) is 9.18 Å². The first kappa shape index (κ1) is 26.3. The molecule has 8 nitrogen and oxygen atoms in total. The average Bonchev–Trinajstić information content (AvgIpc) is 3.57. The van der Waals surface area contributed by atoms with Gasteiger partial charge in [-0.05, 0) is 63.4 Å². The van der Waals surface area contributed by atoms with Crippen LogP contribution in [0.4, 0.5) is 15.9 Å². The van der Waals surface area contributed by atoms with Crippen molar-refractivity contribution >= 4 is 29.0 Å². The largest absolute Gasteiger partial charge is 0.491 e. The van der Waals surface area contributed by atoms with Gasteiger partial charge in [-0.1, -0.05) is 18.2 Å². The minimum Gasteiger partial charge on any atom is -0.491 e. The smallest absolute Gasteiger partial charge is 0.246 e. The van der Waals surface area contributed by atoms with Crippen LogP contribution in [0.3, 0.4) is 0 Å². The van der Waals surface area contributed by atoms with Crippen LogP contribution in [-0.2, 0) is 30.7 Å². The number of benzene rings is 1. The van der Waals surface area contributed by atoms with Crippen LogP contribution in [0.1, 0.15) is 48.3 Å². The Morgan fingerprint density at radius 2 is 2.00 bits per heavy atom. The van der Waals surface area contributed by atoms with Crippen molar-refractivity contribution in [2.24, 2.45) is 0 Å². The molecule has 4 aliphatic rings. The van der Waals surface area contributed by atoms with Gasteiger partial charge in [0.05, 0.1) is 18.8 Å². The van der Waals surface area contributed by atoms with Crippen LogP contribution < -0.4 is 14.5 Å². The molecule has 0 aliphatic carbocycles. The van der Waals surface area contributed by atoms with Crippen LogP contribution >= 0.6 is 11.6 Å². The van der Waals surface area contributed by atoms with E-state index in [4.69, 9.17) is 26.3 Å². The lowest BCUT2D eigenvalue weighted by Gasteiger charge is -2.36. The molecule has 208 valence electrons. The first-order valence-electron chi connectivity index (χ1n) is 14.1. The van der Waals surface area contributed by atoms with Crippen molar-refractivity contribution in [1.82, 2.24) is 19.8 Å². The Morgan fingerprint density at radius 1 is 1.18 bits per heavy atom. The number of carbonyl (C=O) groups excluding carboxylic acids is 1. The van der Waals surface area contributed by atoms with E-state index in [0.29, 0.717) is 63.4 Å². The van der Waals surface area contributed by atoms with Crippen molar-refractivity contribution in [2.75, 3.05) is 56.2 Å². The number of anilines is 2. The maximum absolute atomic E-state index is 14.9. The van der Waals surface area contributed by atoms with Crippen LogP contribution in [-0.4, -0.2) is 78.1 Å². The highest BCUT2D eigenvalue weighted by molar-refractivity contribution is 6.33. The molecule has 0 saturated carbocycles. The van der Waals surface area contributed by atoms with Gasteiger partial charge < -0.3 is 24.3 Å². The predicted octanol–water partition coefficient (Wildman–Crippen LogP) is 3.98. The molecule has 0 spiro atoms. The summed E-state index contributed by atoms with van der Waals surface area (Å²) >= 11 is 6.58. The van der Waals surface area contributed by atoms with Crippen molar-refractivity contribution < 1.29 is 13.9 Å². The number of carbonyl (C=O) groups is 1. The highest BCUT2D eigenvalue weighted by Gasteiger charge is 2.34. The van der Waals surface area contributed by atoms with Gasteiger partial charge in [-0.2, -0.15) is 0 Å². The molecule has 4 aliphatic heterocycles. The SMILES string of the molecule is C=CC(=O)N1CCN(c2nc(CC[C@@H]3CCCN3C)nc3c2CN(c2c(Cl)c(F)cc4c2OCCC4)C3)CC1. The van der Waals surface area contributed by atoms with E-state index in [1.807, 2.05) is 4.90 Å². The number of rotatable bonds is 6. The second-order valence-corrected chi connectivity index (χ2v) is 11.4. The number of likely N-dealkylation sites (tertiary alicyclic amines) is 1. The van der Waals surface area contributed by atoms with Crippen molar-refractivity contribution in [3.05, 3.63) is 52.2 Å². The van der Waals surface area contributed by atoms with E-state index in [1.165, 1.54) is 25.0 Å². The van der Waals surface area contributed by atoms with E-state index >= 15 is 0 Å². The third-order valence-corrected chi connectivity index (χ3v) is 8.98. The molecule has 0 unspecified atom stereocenters. The maximum Gasteiger partial charge on any atom is 0.246 e. The van der Waals surface area contributed by atoms with Crippen LogP contribution in [0.5, 0.6) is 5.75 Å². The van der Waals surface area contributed by atoms with Gasteiger partial charge in [0.15, 0.2) is 0 Å². The minimum atomic E-state index is -0.414. The highest BCUT2D eigenvalue weighted by Crippen LogP contribution is 2.46. The van der Waals surface area contributed by atoms with Crippen LogP contribution in [0.25, 0.3) is 0 Å². The van der Waals surface area contributed by atoms with Gasteiger partial charge in [0.1, 0.15) is 33.9 Å². The van der Waals surface area contributed by atoms with Crippen LogP contribution in [0.2, 0.25) is 5.02 Å². The summed E-state index contributed by atoms with van der Waals surface area (Å²) in [5.41, 5.74) is 3.49. The van der Waals surface area contributed by atoms with Gasteiger partial charge in [-0.3, -0.25) is 4.79 Å². The third kappa shape index (κ3) is 5.07. The number of nitrogens with zero attached hydrogens (tertiary/aromatic N) is 6. The topological polar surface area (TPSA) is 65.0 Å². The first-order valence-corrected chi connectivity index (χ1v) is 14.4. The summed E-state index contributed by atoms with van der Waals surface area (Å²) < 4.78 is 20.9. The molecular formula is C29H36ClFN6O2. The number of aromatic nitrogens is 2. The Kier molecular flexibility index (Phi) is 7.37. The number of aryl methyl sites for hydroxylation is 2. The summed E-state index contributed by atoms with van der Waals surface area (Å²) in [7, 11) is 2.19. The molecule has 39 heavy (non-hydrogen) atoms. The van der Waals surface area contributed by atoms with Crippen LogP contribution in [0.15, 0.2) is 18.7 Å². The first-order chi connectivity index (χ1) is 18.9. The molecule has 0 radical (unpaired) electrons. The van der Waals surface area contributed by atoms with E-state index in [-0.39, 0.29) is 10.9 Å². The Morgan fingerprint density at radius 3 is 2.74 bits per heavy atom. The van der Waals surface area contributed by atoms with Gasteiger partial charge in [0.2, 0.25) is 5.91 Å². The summed E-state index contributed by atoms with van der Waals surface area (Å²) in [5, 5.41) is 0.0963. The van der Waals surface area contributed by atoms with Gasteiger partial charge in [0, 0.05) is 50.7 Å². The van der Waals surface area contributed by atoms with Gasteiger partial charge >= 0.3 is 0 Å². The van der Waals surface area contributed by atoms with Gasteiger partial charge in [0.25, 0.3) is 0 Å². The van der Waals surface area contributed by atoms with Crippen molar-refractivity contribution in [1.29, 1.82) is 0 Å². The van der Waals surface area contributed by atoms with Gasteiger partial charge in [-0.15, -0.1) is 0 Å². The fraction of sp³-hybridized carbons (Fsp3) is 0.552. The second-order valence-electron chi connectivity index (χ2n) is 11.0. The molecule has 2 fully saturated rings. The number of halogens is 2. The summed E-state index contributed by atoms with van der Waals surface area (Å²) in [6.07, 6.45) is 7.30. The van der Waals surface area contributed by atoms with Crippen molar-refractivity contribution in [3.63, 3.8) is 0 Å². The summed E-state index contributed by atoms with van der Waals surface area (Å²) in [6.45, 7) is 9.03. The molecule has 1 amide bonds. The monoisotopic (exact) mass is 554 g/mol. The molecule has 2 aromatic rings. The lowest BCUT2D eigenvalue weighted by atomic mass is 10.0. The minimum absolute atomic E-state index is 0.0411. The fourth-order valence-corrected chi connectivity index (χ4v) is 6.70. The van der Waals surface area contributed by atoms with E-state index < -0.39 is 5.82 Å². The average molecular weight is 555 g/mol. The molecule has 5 heterocycles. The molecule has 2 saturated heterocycles. The number of ether oxygens (including phenoxy) is 1. The quantitative estimate of drug-likeness (QED) is 0.501. The lowest BCUT2D eigenvalue weighted by Crippen LogP contribution is -2.49. The zero-order chi connectivity index (χ0) is 27.1. The number of amides is 1. The van der Waals surface area contributed by atoms with E-state index in [2.05, 4.69) is 28.3 Å². The second kappa shape index (κ2) is 10.9. The Hall–Kier alpha value is -2.91. The van der Waals surface area contributed by atoms with E-state index in [1.54, 1.807) is 0 Å². The zero-order valence-corrected chi connectivity index (χ0v) is 23.4. The summed E-state index contributed by atoms with van der Waals surface area (Å²) in [4.78, 5) is 30.9. The van der Waals surface area contributed by atoms with E-state index in [0.717, 1.165) is 60.7 Å². The lowest BCUT2D eigenvalue weighted by molar-refractivity contribution is -0.126. The number of piperazine rings is 1. The predicted molar refractivity (Wildman–Crippen MR) is 150 cm³/mol. The molecule has 1 atom stereocenters. The normalized spacial score (nSPS) is 21.1. The molecule has 10 heteroatoms. The van der Waals surface area contributed by atoms with Crippen molar-refractivity contribution in [3.8, 4) is 5.75 Å². The number of fused-ring (bicyclic) bond motifs is 2. The molecule has 1 aromatic heterocycles. The molecule has 1 aromatic carbocycles. The summed E-state index contributed by atoms with van der Waals surface area (Å²) in [5.74, 6) is 2.00. The van der Waals surface area contributed by atoms with Crippen LogP contribution in [0, 0.1) is 5.82 Å². The summed E-state index contributed by atoms with van der Waals surface area (Å²) in [6, 6.07) is 2.07. The molecular weight excluding hydrogens is 519 g/mol. The fourth-order valence-electron chi connectivity index (χ4n) is 6.44. The van der Waals surface area contributed by atoms with Gasteiger partial charge in [-0.25, -0.2) is 14.4 Å². The zero-order valence-electron chi connectivity index (χ0n) is 22.6. The Bertz CT molecular complexity index is 1280. The standard InChI is InChI=1S/C29H36ClFN6O2/c1-3-25(38)35-11-13-36(14-12-35)29-21-17-37(27-26(30)22(31)16-19-6-5-15-39-28(19)27)18-23(21)32-24(33-29)9-8-20-7-4-10-34(20)2/h3,16,20H,1,4-15,17-18H2,2H3/t20-/m0/s1. The molecule has 0 N–H and O–H groups in total. The maximum atomic E-state index is 14.9. The van der Waals surface area contributed by atoms with Crippen molar-refractivity contribution in [2.45, 2.75) is 57.7 Å². The molecule has 6 rings (SSSR count). The molecule has 0 bridgehead atoms. The Labute approximate surface area is 234 Å². The number of hydrogen-bond donors (Lipinski definition) is 0. The number of hydrogen-bond acceptors (Lipinski definition) is 7. The highest BCUT2D eigenvalue weighted by atomic mass is 35.5. The Balaban J connectivity index is 1.31.